The molecule has 0 spiro atoms. The van der Waals surface area contributed by atoms with E-state index in [1.165, 1.54) is 12.1 Å². The lowest BCUT2D eigenvalue weighted by Gasteiger charge is -2.23. The Kier molecular flexibility index (Phi) is 4.14. The number of hydrogen-bond donors (Lipinski definition) is 0. The first-order valence-corrected chi connectivity index (χ1v) is 6.23. The Hall–Kier alpha value is -1.91. The predicted molar refractivity (Wildman–Crippen MR) is 70.0 cm³/mol. The van der Waals surface area contributed by atoms with Gasteiger partial charge in [0.25, 0.3) is 0 Å². The molecule has 1 aliphatic rings. The number of anilines is 1. The number of benzene rings is 1. The summed E-state index contributed by atoms with van der Waals surface area (Å²) in [6.45, 7) is 6.00. The van der Waals surface area contributed by atoms with Gasteiger partial charge >= 0.3 is 0 Å². The predicted octanol–water partition coefficient (Wildman–Crippen LogP) is 2.19. The van der Waals surface area contributed by atoms with Crippen LogP contribution in [0.15, 0.2) is 30.9 Å². The van der Waals surface area contributed by atoms with Gasteiger partial charge in [-0.3, -0.25) is 4.79 Å². The van der Waals surface area contributed by atoms with Gasteiger partial charge in [-0.05, 0) is 24.6 Å². The molecule has 1 saturated heterocycles. The number of nitrogens with zero attached hydrogens (tertiary/aromatic N) is 2. The van der Waals surface area contributed by atoms with Crippen molar-refractivity contribution < 1.29 is 13.6 Å². The van der Waals surface area contributed by atoms with Crippen LogP contribution in [-0.2, 0) is 4.79 Å². The SMILES string of the molecule is C=CC(=O)N1CCCN(c2ccc(F)c(F)c2)CC1. The highest BCUT2D eigenvalue weighted by Crippen LogP contribution is 2.19. The van der Waals surface area contributed by atoms with Gasteiger partial charge in [0.05, 0.1) is 0 Å². The largest absolute Gasteiger partial charge is 0.370 e. The molecule has 0 aliphatic carbocycles. The molecule has 19 heavy (non-hydrogen) atoms. The Morgan fingerprint density at radius 1 is 1.16 bits per heavy atom. The van der Waals surface area contributed by atoms with Crippen molar-refractivity contribution in [3.8, 4) is 0 Å². The molecule has 1 aromatic rings. The molecule has 0 saturated carbocycles. The zero-order valence-corrected chi connectivity index (χ0v) is 10.6. The smallest absolute Gasteiger partial charge is 0.246 e. The summed E-state index contributed by atoms with van der Waals surface area (Å²) >= 11 is 0. The lowest BCUT2D eigenvalue weighted by molar-refractivity contribution is -0.125. The van der Waals surface area contributed by atoms with E-state index in [9.17, 15) is 13.6 Å². The third-order valence-electron chi connectivity index (χ3n) is 3.25. The first-order valence-electron chi connectivity index (χ1n) is 6.23. The Labute approximate surface area is 111 Å². The van der Waals surface area contributed by atoms with Crippen LogP contribution in [-0.4, -0.2) is 37.0 Å². The van der Waals surface area contributed by atoms with E-state index in [0.29, 0.717) is 31.9 Å². The maximum absolute atomic E-state index is 13.2. The fraction of sp³-hybridized carbons (Fsp3) is 0.357. The lowest BCUT2D eigenvalue weighted by Crippen LogP contribution is -2.34. The Bertz CT molecular complexity index is 490. The molecule has 102 valence electrons. The lowest BCUT2D eigenvalue weighted by atomic mass is 10.2. The van der Waals surface area contributed by atoms with Gasteiger partial charge in [0, 0.05) is 37.9 Å². The average Bonchev–Trinajstić information content (AvgIpc) is 2.67. The number of carbonyl (C=O) groups excluding carboxylic acids is 1. The molecule has 1 heterocycles. The summed E-state index contributed by atoms with van der Waals surface area (Å²) < 4.78 is 26.1. The third-order valence-corrected chi connectivity index (χ3v) is 3.25. The molecule has 0 bridgehead atoms. The summed E-state index contributed by atoms with van der Waals surface area (Å²) in [5.74, 6) is -1.78. The van der Waals surface area contributed by atoms with Crippen LogP contribution in [0.1, 0.15) is 6.42 Å². The van der Waals surface area contributed by atoms with E-state index in [1.807, 2.05) is 4.90 Å². The second kappa shape index (κ2) is 5.82. The molecule has 1 aromatic carbocycles. The molecular formula is C14H16F2N2O. The second-order valence-electron chi connectivity index (χ2n) is 4.47. The summed E-state index contributed by atoms with van der Waals surface area (Å²) in [6.07, 6.45) is 2.09. The molecule has 2 rings (SSSR count). The van der Waals surface area contributed by atoms with Gasteiger partial charge in [-0.2, -0.15) is 0 Å². The van der Waals surface area contributed by atoms with Gasteiger partial charge in [-0.1, -0.05) is 6.58 Å². The molecule has 1 fully saturated rings. The Balaban J connectivity index is 2.08. The molecule has 3 nitrogen and oxygen atoms in total. The molecule has 0 N–H and O–H groups in total. The summed E-state index contributed by atoms with van der Waals surface area (Å²) in [5, 5.41) is 0. The van der Waals surface area contributed by atoms with Crippen LogP contribution >= 0.6 is 0 Å². The van der Waals surface area contributed by atoms with Crippen molar-refractivity contribution in [3.63, 3.8) is 0 Å². The summed E-state index contributed by atoms with van der Waals surface area (Å²) in [6, 6.07) is 3.88. The molecule has 0 radical (unpaired) electrons. The monoisotopic (exact) mass is 266 g/mol. The molecule has 5 heteroatoms. The van der Waals surface area contributed by atoms with Crippen molar-refractivity contribution in [1.82, 2.24) is 4.90 Å². The van der Waals surface area contributed by atoms with Crippen LogP contribution in [0.3, 0.4) is 0 Å². The number of halogens is 2. The standard InChI is InChI=1S/C14H16F2N2O/c1-2-14(19)18-7-3-6-17(8-9-18)11-4-5-12(15)13(16)10-11/h2,4-5,10H,1,3,6-9H2. The number of carbonyl (C=O) groups is 1. The normalized spacial score (nSPS) is 16.1. The minimum Gasteiger partial charge on any atom is -0.370 e. The summed E-state index contributed by atoms with van der Waals surface area (Å²) in [7, 11) is 0. The van der Waals surface area contributed by atoms with Gasteiger partial charge in [-0.15, -0.1) is 0 Å². The minimum absolute atomic E-state index is 0.0906. The summed E-state index contributed by atoms with van der Waals surface area (Å²) in [4.78, 5) is 15.2. The Morgan fingerprint density at radius 3 is 2.63 bits per heavy atom. The van der Waals surface area contributed by atoms with Crippen LogP contribution in [0.5, 0.6) is 0 Å². The molecule has 1 aliphatic heterocycles. The maximum Gasteiger partial charge on any atom is 0.246 e. The fourth-order valence-electron chi connectivity index (χ4n) is 2.21. The highest BCUT2D eigenvalue weighted by Gasteiger charge is 2.18. The Morgan fingerprint density at radius 2 is 1.95 bits per heavy atom. The van der Waals surface area contributed by atoms with Crippen molar-refractivity contribution in [1.29, 1.82) is 0 Å². The number of rotatable bonds is 2. The van der Waals surface area contributed by atoms with Crippen LogP contribution in [0, 0.1) is 11.6 Å². The third kappa shape index (κ3) is 3.10. The second-order valence-corrected chi connectivity index (χ2v) is 4.47. The van der Waals surface area contributed by atoms with E-state index < -0.39 is 11.6 Å². The van der Waals surface area contributed by atoms with Crippen molar-refractivity contribution in [2.75, 3.05) is 31.1 Å². The highest BCUT2D eigenvalue weighted by molar-refractivity contribution is 5.87. The van der Waals surface area contributed by atoms with Crippen LogP contribution in [0.4, 0.5) is 14.5 Å². The molecule has 0 aromatic heterocycles. The van der Waals surface area contributed by atoms with Gasteiger partial charge < -0.3 is 9.80 Å². The zero-order valence-electron chi connectivity index (χ0n) is 10.6. The average molecular weight is 266 g/mol. The van der Waals surface area contributed by atoms with E-state index in [0.717, 1.165) is 12.5 Å². The van der Waals surface area contributed by atoms with E-state index in [4.69, 9.17) is 0 Å². The van der Waals surface area contributed by atoms with Crippen LogP contribution in [0.2, 0.25) is 0 Å². The number of hydrogen-bond acceptors (Lipinski definition) is 2. The van der Waals surface area contributed by atoms with Gasteiger partial charge in [-0.25, -0.2) is 8.78 Å². The van der Waals surface area contributed by atoms with Crippen LogP contribution in [0.25, 0.3) is 0 Å². The first-order chi connectivity index (χ1) is 9.11. The van der Waals surface area contributed by atoms with Crippen LogP contribution < -0.4 is 4.90 Å². The molecule has 0 unspecified atom stereocenters. The van der Waals surface area contributed by atoms with Gasteiger partial charge in [0.1, 0.15) is 0 Å². The van der Waals surface area contributed by atoms with E-state index in [-0.39, 0.29) is 5.91 Å². The van der Waals surface area contributed by atoms with Crippen molar-refractivity contribution in [2.45, 2.75) is 6.42 Å². The topological polar surface area (TPSA) is 23.6 Å². The van der Waals surface area contributed by atoms with E-state index in [2.05, 4.69) is 6.58 Å². The minimum atomic E-state index is -0.847. The van der Waals surface area contributed by atoms with Crippen molar-refractivity contribution in [2.24, 2.45) is 0 Å². The molecule has 1 amide bonds. The van der Waals surface area contributed by atoms with E-state index in [1.54, 1.807) is 11.0 Å². The van der Waals surface area contributed by atoms with Gasteiger partial charge in [0.15, 0.2) is 11.6 Å². The van der Waals surface area contributed by atoms with Crippen molar-refractivity contribution >= 4 is 11.6 Å². The van der Waals surface area contributed by atoms with Crippen molar-refractivity contribution in [3.05, 3.63) is 42.5 Å². The highest BCUT2D eigenvalue weighted by atomic mass is 19.2. The molecule has 0 atom stereocenters. The quantitative estimate of drug-likeness (QED) is 0.766. The molecular weight excluding hydrogens is 250 g/mol. The summed E-state index contributed by atoms with van der Waals surface area (Å²) in [5.41, 5.74) is 0.645. The fourth-order valence-corrected chi connectivity index (χ4v) is 2.21. The first kappa shape index (κ1) is 13.5. The maximum atomic E-state index is 13.2. The zero-order chi connectivity index (χ0) is 13.8. The van der Waals surface area contributed by atoms with E-state index >= 15 is 0 Å². The van der Waals surface area contributed by atoms with Gasteiger partial charge in [0.2, 0.25) is 5.91 Å². The number of amides is 1.